The van der Waals surface area contributed by atoms with Crippen molar-refractivity contribution in [1.82, 2.24) is 10.6 Å². The standard InChI is InChI=1S/C7H11FN2O2/c1-3(2)5-4(8)6(11)10-7(12)9-5/h3,7,9,12H,1-2H3,(H,10,11). The third-order valence-corrected chi connectivity index (χ3v) is 1.57. The summed E-state index contributed by atoms with van der Waals surface area (Å²) >= 11 is 0. The Balaban J connectivity index is 2.93. The summed E-state index contributed by atoms with van der Waals surface area (Å²) in [5, 5.41) is 13.4. The summed E-state index contributed by atoms with van der Waals surface area (Å²) in [6.45, 7) is 3.46. The van der Waals surface area contributed by atoms with Crippen LogP contribution >= 0.6 is 0 Å². The van der Waals surface area contributed by atoms with E-state index in [4.69, 9.17) is 5.11 Å². The first-order chi connectivity index (χ1) is 5.52. The fourth-order valence-electron chi connectivity index (χ4n) is 0.977. The van der Waals surface area contributed by atoms with E-state index in [0.717, 1.165) is 0 Å². The molecule has 1 unspecified atom stereocenters. The van der Waals surface area contributed by atoms with E-state index in [9.17, 15) is 9.18 Å². The van der Waals surface area contributed by atoms with Gasteiger partial charge in [0, 0.05) is 0 Å². The quantitative estimate of drug-likeness (QED) is 0.516. The molecular weight excluding hydrogens is 163 g/mol. The van der Waals surface area contributed by atoms with Gasteiger partial charge in [-0.25, -0.2) is 0 Å². The summed E-state index contributed by atoms with van der Waals surface area (Å²) in [6.07, 6.45) is -1.19. The molecule has 0 saturated heterocycles. The Labute approximate surface area is 69.5 Å². The lowest BCUT2D eigenvalue weighted by atomic mass is 10.1. The van der Waals surface area contributed by atoms with Crippen molar-refractivity contribution in [2.24, 2.45) is 5.92 Å². The van der Waals surface area contributed by atoms with Gasteiger partial charge in [-0.1, -0.05) is 13.8 Å². The number of amides is 1. The van der Waals surface area contributed by atoms with Gasteiger partial charge < -0.3 is 15.7 Å². The fraction of sp³-hybridized carbons (Fsp3) is 0.571. The normalized spacial score (nSPS) is 24.1. The second-order valence-electron chi connectivity index (χ2n) is 2.90. The Hall–Kier alpha value is -1.10. The molecule has 1 atom stereocenters. The van der Waals surface area contributed by atoms with Crippen molar-refractivity contribution in [2.45, 2.75) is 20.2 Å². The van der Waals surface area contributed by atoms with Crippen LogP contribution in [0.5, 0.6) is 0 Å². The zero-order chi connectivity index (χ0) is 9.30. The maximum Gasteiger partial charge on any atom is 0.285 e. The molecular formula is C7H11FN2O2. The molecule has 0 aromatic heterocycles. The molecule has 0 aliphatic carbocycles. The SMILES string of the molecule is CC(C)C1=C(F)C(=O)NC(O)N1. The minimum atomic E-state index is -1.19. The largest absolute Gasteiger partial charge is 0.356 e. The Morgan fingerprint density at radius 1 is 1.50 bits per heavy atom. The van der Waals surface area contributed by atoms with Crippen LogP contribution in [0.4, 0.5) is 4.39 Å². The van der Waals surface area contributed by atoms with E-state index in [0.29, 0.717) is 0 Å². The van der Waals surface area contributed by atoms with Gasteiger partial charge in [0.05, 0.1) is 5.70 Å². The van der Waals surface area contributed by atoms with E-state index in [1.165, 1.54) is 0 Å². The summed E-state index contributed by atoms with van der Waals surface area (Å²) in [5.41, 5.74) is 0.145. The first kappa shape index (κ1) is 8.99. The summed E-state index contributed by atoms with van der Waals surface area (Å²) < 4.78 is 13.0. The number of hydrogen-bond donors (Lipinski definition) is 3. The number of halogens is 1. The van der Waals surface area contributed by atoms with Crippen LogP contribution in [0.25, 0.3) is 0 Å². The number of aliphatic hydroxyl groups is 1. The number of hydrogen-bond acceptors (Lipinski definition) is 3. The molecule has 0 aromatic carbocycles. The van der Waals surface area contributed by atoms with Crippen LogP contribution in [0.3, 0.4) is 0 Å². The zero-order valence-corrected chi connectivity index (χ0v) is 6.89. The first-order valence-corrected chi connectivity index (χ1v) is 3.67. The highest BCUT2D eigenvalue weighted by molar-refractivity contribution is 5.92. The highest BCUT2D eigenvalue weighted by Crippen LogP contribution is 2.16. The lowest BCUT2D eigenvalue weighted by Crippen LogP contribution is -2.50. The maximum absolute atomic E-state index is 13.0. The second kappa shape index (κ2) is 3.10. The molecule has 1 aliphatic rings. The van der Waals surface area contributed by atoms with Crippen LogP contribution in [0.1, 0.15) is 13.8 Å². The van der Waals surface area contributed by atoms with Crippen molar-refractivity contribution >= 4 is 5.91 Å². The molecule has 68 valence electrons. The van der Waals surface area contributed by atoms with E-state index in [1.54, 1.807) is 13.8 Å². The molecule has 0 radical (unpaired) electrons. The highest BCUT2D eigenvalue weighted by atomic mass is 19.1. The molecule has 0 bridgehead atoms. The minimum Gasteiger partial charge on any atom is -0.356 e. The van der Waals surface area contributed by atoms with Crippen LogP contribution in [0.2, 0.25) is 0 Å². The van der Waals surface area contributed by atoms with Crippen molar-refractivity contribution in [3.8, 4) is 0 Å². The summed E-state index contributed by atoms with van der Waals surface area (Å²) in [4.78, 5) is 10.8. The van der Waals surface area contributed by atoms with Crippen molar-refractivity contribution in [3.05, 3.63) is 11.5 Å². The maximum atomic E-state index is 13.0. The molecule has 5 heteroatoms. The van der Waals surface area contributed by atoms with Crippen molar-refractivity contribution < 1.29 is 14.3 Å². The molecule has 1 amide bonds. The first-order valence-electron chi connectivity index (χ1n) is 3.67. The lowest BCUT2D eigenvalue weighted by Gasteiger charge is -2.25. The van der Waals surface area contributed by atoms with Gasteiger partial charge in [0.15, 0.2) is 0 Å². The van der Waals surface area contributed by atoms with Gasteiger partial charge in [-0.3, -0.25) is 4.79 Å². The van der Waals surface area contributed by atoms with Gasteiger partial charge in [-0.15, -0.1) is 0 Å². The zero-order valence-electron chi connectivity index (χ0n) is 6.89. The van der Waals surface area contributed by atoms with E-state index in [2.05, 4.69) is 5.32 Å². The molecule has 0 spiro atoms. The van der Waals surface area contributed by atoms with Crippen LogP contribution in [0, 0.1) is 5.92 Å². The molecule has 1 heterocycles. The van der Waals surface area contributed by atoms with E-state index < -0.39 is 18.1 Å². The minimum absolute atomic E-state index is 0.145. The summed E-state index contributed by atoms with van der Waals surface area (Å²) in [5.74, 6) is -1.87. The number of rotatable bonds is 1. The number of carbonyl (C=O) groups excluding carboxylic acids is 1. The van der Waals surface area contributed by atoms with Gasteiger partial charge in [0.25, 0.3) is 5.91 Å². The Morgan fingerprint density at radius 2 is 2.08 bits per heavy atom. The van der Waals surface area contributed by atoms with Gasteiger partial charge >= 0.3 is 0 Å². The number of aliphatic hydroxyl groups excluding tert-OH is 1. The van der Waals surface area contributed by atoms with Crippen LogP contribution in [-0.4, -0.2) is 17.4 Å². The monoisotopic (exact) mass is 174 g/mol. The van der Waals surface area contributed by atoms with Crippen molar-refractivity contribution in [3.63, 3.8) is 0 Å². The van der Waals surface area contributed by atoms with Gasteiger partial charge in [0.2, 0.25) is 12.2 Å². The Kier molecular flexibility index (Phi) is 2.32. The average molecular weight is 174 g/mol. The third kappa shape index (κ3) is 1.55. The molecule has 1 aliphatic heterocycles. The van der Waals surface area contributed by atoms with Crippen molar-refractivity contribution in [2.75, 3.05) is 0 Å². The van der Waals surface area contributed by atoms with E-state index >= 15 is 0 Å². The topological polar surface area (TPSA) is 61.4 Å². The number of allylic oxidation sites excluding steroid dienone is 1. The fourth-order valence-corrected chi connectivity index (χ4v) is 0.977. The van der Waals surface area contributed by atoms with Gasteiger partial charge in [-0.05, 0) is 5.92 Å². The van der Waals surface area contributed by atoms with Crippen LogP contribution in [-0.2, 0) is 4.79 Å². The third-order valence-electron chi connectivity index (χ3n) is 1.57. The Bertz CT molecular complexity index is 238. The molecule has 12 heavy (non-hydrogen) atoms. The summed E-state index contributed by atoms with van der Waals surface area (Å²) in [7, 11) is 0. The van der Waals surface area contributed by atoms with Gasteiger partial charge in [-0.2, -0.15) is 4.39 Å². The Morgan fingerprint density at radius 3 is 2.58 bits per heavy atom. The molecule has 1 rings (SSSR count). The van der Waals surface area contributed by atoms with Crippen LogP contribution < -0.4 is 10.6 Å². The predicted molar refractivity (Wildman–Crippen MR) is 40.3 cm³/mol. The molecule has 0 aromatic rings. The van der Waals surface area contributed by atoms with E-state index in [1.807, 2.05) is 5.32 Å². The van der Waals surface area contributed by atoms with Gasteiger partial charge in [0.1, 0.15) is 0 Å². The van der Waals surface area contributed by atoms with Crippen molar-refractivity contribution in [1.29, 1.82) is 0 Å². The summed E-state index contributed by atoms with van der Waals surface area (Å²) in [6, 6.07) is 0. The smallest absolute Gasteiger partial charge is 0.285 e. The molecule has 0 fully saturated rings. The highest BCUT2D eigenvalue weighted by Gasteiger charge is 2.26. The molecule has 0 saturated carbocycles. The second-order valence-corrected chi connectivity index (χ2v) is 2.90. The van der Waals surface area contributed by atoms with E-state index in [-0.39, 0.29) is 11.6 Å². The number of nitrogens with one attached hydrogen (secondary N) is 2. The average Bonchev–Trinajstić information content (AvgIpc) is 1.96. The number of carbonyl (C=O) groups is 1. The molecule has 3 N–H and O–H groups in total. The van der Waals surface area contributed by atoms with Crippen LogP contribution in [0.15, 0.2) is 11.5 Å². The molecule has 4 nitrogen and oxygen atoms in total. The lowest BCUT2D eigenvalue weighted by molar-refractivity contribution is -0.123. The predicted octanol–water partition coefficient (Wildman–Crippen LogP) is -0.181.